The minimum absolute atomic E-state index is 0.169. The van der Waals surface area contributed by atoms with Crippen molar-refractivity contribution >= 4 is 5.69 Å². The molecule has 0 radical (unpaired) electrons. The van der Waals surface area contributed by atoms with Crippen LogP contribution in [0.15, 0.2) is 18.2 Å². The van der Waals surface area contributed by atoms with E-state index in [1.807, 2.05) is 11.9 Å². The molecule has 2 heteroatoms. The molecule has 1 atom stereocenters. The van der Waals surface area contributed by atoms with Gasteiger partial charge in [0, 0.05) is 18.2 Å². The molecule has 76 valence electrons. The lowest BCUT2D eigenvalue weighted by atomic mass is 9.85. The lowest BCUT2D eigenvalue weighted by Gasteiger charge is -2.26. The SMILES string of the molecule is Cc1ccc2c(c1)N(C)C(O)C2(C)C. The second-order valence-electron chi connectivity index (χ2n) is 4.73. The average Bonchev–Trinajstić information content (AvgIpc) is 2.28. The number of likely N-dealkylation sites (N-methyl/N-ethyl adjacent to an activating group) is 1. The minimum Gasteiger partial charge on any atom is -0.373 e. The minimum atomic E-state index is -0.417. The summed E-state index contributed by atoms with van der Waals surface area (Å²) in [7, 11) is 1.94. The van der Waals surface area contributed by atoms with E-state index in [1.165, 1.54) is 11.1 Å². The normalized spacial score (nSPS) is 23.8. The molecule has 0 amide bonds. The van der Waals surface area contributed by atoms with Crippen LogP contribution >= 0.6 is 0 Å². The van der Waals surface area contributed by atoms with Gasteiger partial charge in [-0.1, -0.05) is 26.0 Å². The van der Waals surface area contributed by atoms with Crippen molar-refractivity contribution in [2.24, 2.45) is 0 Å². The van der Waals surface area contributed by atoms with E-state index >= 15 is 0 Å². The maximum absolute atomic E-state index is 10.1. The van der Waals surface area contributed by atoms with Crippen molar-refractivity contribution in [2.45, 2.75) is 32.4 Å². The summed E-state index contributed by atoms with van der Waals surface area (Å²) < 4.78 is 0. The number of fused-ring (bicyclic) bond motifs is 1. The maximum atomic E-state index is 10.1. The van der Waals surface area contributed by atoms with Gasteiger partial charge < -0.3 is 10.0 Å². The monoisotopic (exact) mass is 191 g/mol. The Morgan fingerprint density at radius 1 is 1.36 bits per heavy atom. The third-order valence-electron chi connectivity index (χ3n) is 3.24. The lowest BCUT2D eigenvalue weighted by molar-refractivity contribution is 0.114. The van der Waals surface area contributed by atoms with Crippen molar-refractivity contribution in [1.82, 2.24) is 0 Å². The molecule has 2 rings (SSSR count). The van der Waals surface area contributed by atoms with Crippen LogP contribution in [0.3, 0.4) is 0 Å². The number of rotatable bonds is 0. The quantitative estimate of drug-likeness (QED) is 0.678. The first-order chi connectivity index (χ1) is 6.44. The van der Waals surface area contributed by atoms with E-state index in [2.05, 4.69) is 39.0 Å². The summed E-state index contributed by atoms with van der Waals surface area (Å²) >= 11 is 0. The number of benzene rings is 1. The van der Waals surface area contributed by atoms with Crippen LogP contribution in [0.25, 0.3) is 0 Å². The van der Waals surface area contributed by atoms with Gasteiger partial charge >= 0.3 is 0 Å². The molecule has 0 spiro atoms. The Hall–Kier alpha value is -1.02. The van der Waals surface area contributed by atoms with Crippen molar-refractivity contribution in [3.05, 3.63) is 29.3 Å². The highest BCUT2D eigenvalue weighted by molar-refractivity contribution is 5.63. The summed E-state index contributed by atoms with van der Waals surface area (Å²) in [4.78, 5) is 1.95. The van der Waals surface area contributed by atoms with Crippen LogP contribution in [0.4, 0.5) is 5.69 Å². The molecule has 1 aromatic rings. The number of hydrogen-bond acceptors (Lipinski definition) is 2. The highest BCUT2D eigenvalue weighted by Gasteiger charge is 2.41. The van der Waals surface area contributed by atoms with Crippen molar-refractivity contribution < 1.29 is 5.11 Å². The Morgan fingerprint density at radius 2 is 2.00 bits per heavy atom. The fraction of sp³-hybridized carbons (Fsp3) is 0.500. The molecule has 1 N–H and O–H groups in total. The molecular formula is C12H17NO. The molecule has 2 nitrogen and oxygen atoms in total. The van der Waals surface area contributed by atoms with E-state index in [0.717, 1.165) is 5.69 Å². The summed E-state index contributed by atoms with van der Waals surface area (Å²) in [6.45, 7) is 6.23. The zero-order valence-corrected chi connectivity index (χ0v) is 9.20. The van der Waals surface area contributed by atoms with Crippen LogP contribution in [-0.2, 0) is 5.41 Å². The van der Waals surface area contributed by atoms with E-state index in [-0.39, 0.29) is 5.41 Å². The summed E-state index contributed by atoms with van der Waals surface area (Å²) in [5, 5.41) is 10.1. The summed E-state index contributed by atoms with van der Waals surface area (Å²) in [6, 6.07) is 6.36. The Morgan fingerprint density at radius 3 is 2.64 bits per heavy atom. The fourth-order valence-electron chi connectivity index (χ4n) is 2.23. The number of aliphatic hydroxyl groups is 1. The highest BCUT2D eigenvalue weighted by Crippen LogP contribution is 2.43. The Balaban J connectivity index is 2.62. The molecule has 0 saturated heterocycles. The standard InChI is InChI=1S/C12H17NO/c1-8-5-6-9-10(7-8)13(4)11(14)12(9,2)3/h5-7,11,14H,1-4H3. The van der Waals surface area contributed by atoms with E-state index in [4.69, 9.17) is 0 Å². The van der Waals surface area contributed by atoms with E-state index < -0.39 is 6.23 Å². The summed E-state index contributed by atoms with van der Waals surface area (Å²) in [6.07, 6.45) is -0.417. The predicted molar refractivity (Wildman–Crippen MR) is 58.6 cm³/mol. The number of aryl methyl sites for hydroxylation is 1. The fourth-order valence-corrected chi connectivity index (χ4v) is 2.23. The molecule has 1 unspecified atom stereocenters. The first-order valence-electron chi connectivity index (χ1n) is 4.96. The molecular weight excluding hydrogens is 174 g/mol. The highest BCUT2D eigenvalue weighted by atomic mass is 16.3. The van der Waals surface area contributed by atoms with Crippen LogP contribution < -0.4 is 4.90 Å². The van der Waals surface area contributed by atoms with Gasteiger partial charge in [0.1, 0.15) is 6.23 Å². The van der Waals surface area contributed by atoms with Gasteiger partial charge in [-0.15, -0.1) is 0 Å². The zero-order chi connectivity index (χ0) is 10.5. The third kappa shape index (κ3) is 1.07. The average molecular weight is 191 g/mol. The van der Waals surface area contributed by atoms with Crippen LogP contribution in [0.2, 0.25) is 0 Å². The number of anilines is 1. The largest absolute Gasteiger partial charge is 0.373 e. The molecule has 1 heterocycles. The first-order valence-corrected chi connectivity index (χ1v) is 4.96. The second-order valence-corrected chi connectivity index (χ2v) is 4.73. The van der Waals surface area contributed by atoms with Crippen molar-refractivity contribution in [1.29, 1.82) is 0 Å². The van der Waals surface area contributed by atoms with Crippen LogP contribution in [0, 0.1) is 6.92 Å². The van der Waals surface area contributed by atoms with E-state index in [0.29, 0.717) is 0 Å². The molecule has 1 aliphatic rings. The third-order valence-corrected chi connectivity index (χ3v) is 3.24. The smallest absolute Gasteiger partial charge is 0.135 e. The first kappa shape index (κ1) is 9.53. The van der Waals surface area contributed by atoms with Crippen molar-refractivity contribution in [2.75, 3.05) is 11.9 Å². The van der Waals surface area contributed by atoms with Crippen molar-refractivity contribution in [3.8, 4) is 0 Å². The van der Waals surface area contributed by atoms with Gasteiger partial charge in [0.15, 0.2) is 0 Å². The topological polar surface area (TPSA) is 23.5 Å². The molecule has 1 aliphatic heterocycles. The molecule has 0 saturated carbocycles. The van der Waals surface area contributed by atoms with Crippen LogP contribution in [-0.4, -0.2) is 18.4 Å². The zero-order valence-electron chi connectivity index (χ0n) is 9.20. The van der Waals surface area contributed by atoms with Gasteiger partial charge in [-0.05, 0) is 24.1 Å². The lowest BCUT2D eigenvalue weighted by Crippen LogP contribution is -2.38. The Labute approximate surface area is 85.2 Å². The number of hydrogen-bond donors (Lipinski definition) is 1. The summed E-state index contributed by atoms with van der Waals surface area (Å²) in [5.41, 5.74) is 3.46. The van der Waals surface area contributed by atoms with Gasteiger partial charge in [-0.25, -0.2) is 0 Å². The summed E-state index contributed by atoms with van der Waals surface area (Å²) in [5.74, 6) is 0. The molecule has 1 aromatic carbocycles. The molecule has 0 aliphatic carbocycles. The molecule has 0 bridgehead atoms. The van der Waals surface area contributed by atoms with Gasteiger partial charge in [0.05, 0.1) is 0 Å². The van der Waals surface area contributed by atoms with Gasteiger partial charge in [0.2, 0.25) is 0 Å². The molecule has 14 heavy (non-hydrogen) atoms. The van der Waals surface area contributed by atoms with Crippen LogP contribution in [0.5, 0.6) is 0 Å². The van der Waals surface area contributed by atoms with Crippen molar-refractivity contribution in [3.63, 3.8) is 0 Å². The number of aliphatic hydroxyl groups excluding tert-OH is 1. The van der Waals surface area contributed by atoms with E-state index in [1.54, 1.807) is 0 Å². The van der Waals surface area contributed by atoms with E-state index in [9.17, 15) is 5.11 Å². The Kier molecular flexibility index (Phi) is 1.86. The Bertz CT molecular complexity index is 371. The van der Waals surface area contributed by atoms with Gasteiger partial charge in [-0.2, -0.15) is 0 Å². The number of nitrogens with zero attached hydrogens (tertiary/aromatic N) is 1. The maximum Gasteiger partial charge on any atom is 0.135 e. The molecule has 0 aromatic heterocycles. The van der Waals surface area contributed by atoms with Gasteiger partial charge in [-0.3, -0.25) is 0 Å². The second kappa shape index (κ2) is 2.74. The van der Waals surface area contributed by atoms with Gasteiger partial charge in [0.25, 0.3) is 0 Å². The van der Waals surface area contributed by atoms with Crippen LogP contribution in [0.1, 0.15) is 25.0 Å². The predicted octanol–water partition coefficient (Wildman–Crippen LogP) is 2.04. The molecule has 0 fully saturated rings.